The quantitative estimate of drug-likeness (QED) is 0.683. The van der Waals surface area contributed by atoms with Gasteiger partial charge in [-0.1, -0.05) is 24.3 Å². The lowest BCUT2D eigenvalue weighted by atomic mass is 10.1. The van der Waals surface area contributed by atoms with Gasteiger partial charge in [0.2, 0.25) is 0 Å². The lowest BCUT2D eigenvalue weighted by Gasteiger charge is -1.99. The predicted molar refractivity (Wildman–Crippen MR) is 60.3 cm³/mol. The van der Waals surface area contributed by atoms with Gasteiger partial charge in [-0.05, 0) is 18.1 Å². The normalized spacial score (nSPS) is 11.1. The molecule has 0 nitrogen and oxygen atoms in total. The second-order valence-corrected chi connectivity index (χ2v) is 3.51. The van der Waals surface area contributed by atoms with Gasteiger partial charge in [0.1, 0.15) is 5.82 Å². The van der Waals surface area contributed by atoms with E-state index in [1.54, 1.807) is 6.07 Å². The third-order valence-corrected chi connectivity index (χ3v) is 2.31. The fourth-order valence-electron chi connectivity index (χ4n) is 1.06. The monoisotopic (exact) mass is 232 g/mol. The Morgan fingerprint density at radius 1 is 1.29 bits per heavy atom. The molecule has 1 rings (SSSR count). The largest absolute Gasteiger partial charge is 0.207 e. The number of halogens is 3. The van der Waals surface area contributed by atoms with Crippen LogP contribution in [0.2, 0.25) is 0 Å². The van der Waals surface area contributed by atoms with E-state index in [9.17, 15) is 4.39 Å². The Hall–Kier alpha value is -0.530. The van der Waals surface area contributed by atoms with Gasteiger partial charge in [-0.25, -0.2) is 4.39 Å². The minimum absolute atomic E-state index is 0.206. The van der Waals surface area contributed by atoms with Crippen LogP contribution in [0.1, 0.15) is 17.5 Å². The van der Waals surface area contributed by atoms with Crippen LogP contribution in [0.4, 0.5) is 4.39 Å². The van der Waals surface area contributed by atoms with E-state index in [0.29, 0.717) is 11.4 Å². The number of benzene rings is 1. The topological polar surface area (TPSA) is 0 Å². The molecule has 0 saturated carbocycles. The van der Waals surface area contributed by atoms with Gasteiger partial charge in [0.15, 0.2) is 0 Å². The lowest BCUT2D eigenvalue weighted by Crippen LogP contribution is -1.86. The van der Waals surface area contributed by atoms with Gasteiger partial charge < -0.3 is 0 Å². The van der Waals surface area contributed by atoms with Crippen LogP contribution < -0.4 is 0 Å². The molecule has 0 aliphatic carbocycles. The van der Waals surface area contributed by atoms with E-state index in [-0.39, 0.29) is 11.7 Å². The van der Waals surface area contributed by atoms with Crippen LogP contribution in [0.3, 0.4) is 0 Å². The Labute approximate surface area is 93.3 Å². The summed E-state index contributed by atoms with van der Waals surface area (Å²) in [6.45, 7) is 0. The second-order valence-electron chi connectivity index (χ2n) is 2.86. The summed E-state index contributed by atoms with van der Waals surface area (Å²) in [5, 5.41) is 0. The smallest absolute Gasteiger partial charge is 0.128 e. The Balaban J connectivity index is 2.76. The molecule has 1 aromatic carbocycles. The van der Waals surface area contributed by atoms with Gasteiger partial charge in [-0.2, -0.15) is 0 Å². The summed E-state index contributed by atoms with van der Waals surface area (Å²) in [5.74, 6) is 0.531. The van der Waals surface area contributed by atoms with Gasteiger partial charge in [-0.15, -0.1) is 23.2 Å². The second kappa shape index (κ2) is 6.05. The minimum atomic E-state index is -0.256. The Kier molecular flexibility index (Phi) is 4.99. The maximum atomic E-state index is 13.2. The summed E-state index contributed by atoms with van der Waals surface area (Å²) in [6.07, 6.45) is 4.56. The summed E-state index contributed by atoms with van der Waals surface area (Å²) in [6, 6.07) is 5.01. The fourth-order valence-corrected chi connectivity index (χ4v) is 1.40. The zero-order valence-electron chi connectivity index (χ0n) is 7.64. The third-order valence-electron chi connectivity index (χ3n) is 1.81. The van der Waals surface area contributed by atoms with Crippen LogP contribution in [-0.2, 0) is 5.88 Å². The van der Waals surface area contributed by atoms with Gasteiger partial charge in [0, 0.05) is 11.4 Å². The van der Waals surface area contributed by atoms with Crippen molar-refractivity contribution in [2.45, 2.75) is 12.3 Å². The highest BCUT2D eigenvalue weighted by Crippen LogP contribution is 2.13. The first kappa shape index (κ1) is 11.5. The van der Waals surface area contributed by atoms with E-state index in [4.69, 9.17) is 23.2 Å². The molecule has 76 valence electrons. The van der Waals surface area contributed by atoms with Crippen molar-refractivity contribution in [2.75, 3.05) is 5.88 Å². The Morgan fingerprint density at radius 2 is 2.07 bits per heavy atom. The van der Waals surface area contributed by atoms with Crippen molar-refractivity contribution >= 4 is 29.3 Å². The van der Waals surface area contributed by atoms with E-state index < -0.39 is 0 Å². The summed E-state index contributed by atoms with van der Waals surface area (Å²) in [4.78, 5) is 0. The molecule has 0 unspecified atom stereocenters. The molecule has 0 spiro atoms. The van der Waals surface area contributed by atoms with Crippen molar-refractivity contribution in [3.63, 3.8) is 0 Å². The molecule has 0 aliphatic heterocycles. The average Bonchev–Trinajstić information content (AvgIpc) is 2.18. The van der Waals surface area contributed by atoms with Crippen LogP contribution in [-0.4, -0.2) is 5.88 Å². The SMILES string of the molecule is Fc1cc(C=CCCCl)ccc1CCl. The Morgan fingerprint density at radius 3 is 2.64 bits per heavy atom. The van der Waals surface area contributed by atoms with E-state index >= 15 is 0 Å². The van der Waals surface area contributed by atoms with Gasteiger partial charge >= 0.3 is 0 Å². The number of allylic oxidation sites excluding steroid dienone is 1. The third kappa shape index (κ3) is 3.32. The van der Waals surface area contributed by atoms with Gasteiger partial charge in [-0.3, -0.25) is 0 Å². The highest BCUT2D eigenvalue weighted by atomic mass is 35.5. The molecular weight excluding hydrogens is 222 g/mol. The van der Waals surface area contributed by atoms with Crippen LogP contribution in [0.15, 0.2) is 24.3 Å². The van der Waals surface area contributed by atoms with Crippen LogP contribution in [0, 0.1) is 5.82 Å². The minimum Gasteiger partial charge on any atom is -0.207 e. The molecule has 1 aromatic rings. The molecule has 3 heteroatoms. The summed E-state index contributed by atoms with van der Waals surface area (Å²) < 4.78 is 13.2. The highest BCUT2D eigenvalue weighted by Gasteiger charge is 1.99. The maximum Gasteiger partial charge on any atom is 0.128 e. The van der Waals surface area contributed by atoms with Crippen molar-refractivity contribution in [2.24, 2.45) is 0 Å². The van der Waals surface area contributed by atoms with E-state index in [2.05, 4.69) is 0 Å². The first-order valence-electron chi connectivity index (χ1n) is 4.35. The fraction of sp³-hybridized carbons (Fsp3) is 0.273. The molecule has 0 aromatic heterocycles. The number of rotatable bonds is 4. The van der Waals surface area contributed by atoms with Crippen LogP contribution >= 0.6 is 23.2 Å². The number of alkyl halides is 2. The van der Waals surface area contributed by atoms with Gasteiger partial charge in [0.05, 0.1) is 5.88 Å². The molecule has 0 saturated heterocycles. The average molecular weight is 233 g/mol. The summed E-state index contributed by atoms with van der Waals surface area (Å²) >= 11 is 11.0. The Bertz CT molecular complexity index is 321. The van der Waals surface area contributed by atoms with Crippen molar-refractivity contribution < 1.29 is 4.39 Å². The van der Waals surface area contributed by atoms with E-state index in [0.717, 1.165) is 12.0 Å². The van der Waals surface area contributed by atoms with Crippen molar-refractivity contribution in [1.82, 2.24) is 0 Å². The molecule has 0 N–H and O–H groups in total. The highest BCUT2D eigenvalue weighted by molar-refractivity contribution is 6.18. The molecule has 0 heterocycles. The predicted octanol–water partition coefficient (Wildman–Crippen LogP) is 4.21. The van der Waals surface area contributed by atoms with Gasteiger partial charge in [0.25, 0.3) is 0 Å². The summed E-state index contributed by atoms with van der Waals surface area (Å²) in [5.41, 5.74) is 1.36. The first-order valence-corrected chi connectivity index (χ1v) is 5.41. The molecule has 0 amide bonds. The summed E-state index contributed by atoms with van der Waals surface area (Å²) in [7, 11) is 0. The van der Waals surface area contributed by atoms with E-state index in [1.165, 1.54) is 6.07 Å². The lowest BCUT2D eigenvalue weighted by molar-refractivity contribution is 0.616. The molecule has 0 atom stereocenters. The maximum absolute atomic E-state index is 13.2. The van der Waals surface area contributed by atoms with E-state index in [1.807, 2.05) is 18.2 Å². The van der Waals surface area contributed by atoms with Crippen LogP contribution in [0.5, 0.6) is 0 Å². The molecule has 0 bridgehead atoms. The molecular formula is C11H11Cl2F. The van der Waals surface area contributed by atoms with Crippen molar-refractivity contribution in [1.29, 1.82) is 0 Å². The van der Waals surface area contributed by atoms with Crippen LogP contribution in [0.25, 0.3) is 6.08 Å². The molecule has 14 heavy (non-hydrogen) atoms. The first-order chi connectivity index (χ1) is 6.77. The standard InChI is InChI=1S/C11H11Cl2F/c12-6-2-1-3-9-4-5-10(8-13)11(14)7-9/h1,3-5,7H,2,6,8H2. The van der Waals surface area contributed by atoms with Crippen molar-refractivity contribution in [3.8, 4) is 0 Å². The molecule has 0 radical (unpaired) electrons. The molecule has 0 aliphatic rings. The van der Waals surface area contributed by atoms with Crippen molar-refractivity contribution in [3.05, 3.63) is 41.2 Å². The zero-order chi connectivity index (χ0) is 10.4. The zero-order valence-corrected chi connectivity index (χ0v) is 9.15. The number of hydrogen-bond acceptors (Lipinski definition) is 0. The molecule has 0 fully saturated rings. The number of hydrogen-bond donors (Lipinski definition) is 0.